The summed E-state index contributed by atoms with van der Waals surface area (Å²) in [5, 5.41) is 11.9. The first kappa shape index (κ1) is 27.3. The Bertz CT molecular complexity index is 802. The Balaban J connectivity index is 2.25. The van der Waals surface area contributed by atoms with Crippen molar-refractivity contribution in [2.45, 2.75) is 91.6 Å². The summed E-state index contributed by atoms with van der Waals surface area (Å²) in [5.74, 6) is -3.19. The number of unbranched alkanes of at least 4 members (excludes halogenated alkanes) is 3. The van der Waals surface area contributed by atoms with Crippen LogP contribution < -0.4 is 8.90 Å². The zero-order valence-corrected chi connectivity index (χ0v) is 23.0. The topological polar surface area (TPSA) is 104 Å². The number of nitrogens with zero attached hydrogens (tertiary/aromatic N) is 1. The fourth-order valence-corrected chi connectivity index (χ4v) is 20.6. The molecule has 1 aliphatic heterocycles. The van der Waals surface area contributed by atoms with Crippen LogP contribution in [0.3, 0.4) is 0 Å². The van der Waals surface area contributed by atoms with E-state index in [1.54, 1.807) is 12.1 Å². The van der Waals surface area contributed by atoms with Gasteiger partial charge in [0.1, 0.15) is 0 Å². The number of rotatable bonds is 14. The molecule has 3 amide bonds. The maximum atomic E-state index is 12.8. The van der Waals surface area contributed by atoms with E-state index in [-0.39, 0.29) is 12.8 Å². The summed E-state index contributed by atoms with van der Waals surface area (Å²) in [4.78, 5) is 49.0. The van der Waals surface area contributed by atoms with Gasteiger partial charge in [0.05, 0.1) is 0 Å². The van der Waals surface area contributed by atoms with Crippen LogP contribution >= 0.6 is 0 Å². The third kappa shape index (κ3) is 7.04. The second-order valence-electron chi connectivity index (χ2n) is 9.04. The van der Waals surface area contributed by atoms with Crippen molar-refractivity contribution in [1.82, 2.24) is 10.2 Å². The molecule has 0 aromatic heterocycles. The Morgan fingerprint density at radius 2 is 1.36 bits per heavy atom. The Kier molecular flexibility index (Phi) is 10.9. The van der Waals surface area contributed by atoms with Gasteiger partial charge in [-0.2, -0.15) is 0 Å². The normalized spacial score (nSPS) is 15.1. The number of likely N-dealkylation sites (tertiary alicyclic amines) is 1. The van der Waals surface area contributed by atoms with Gasteiger partial charge >= 0.3 is 202 Å². The van der Waals surface area contributed by atoms with E-state index in [1.807, 2.05) is 0 Å². The van der Waals surface area contributed by atoms with Crippen molar-refractivity contribution >= 4 is 45.6 Å². The Labute approximate surface area is 201 Å². The zero-order chi connectivity index (χ0) is 24.4. The maximum absolute atomic E-state index is 12.8. The van der Waals surface area contributed by atoms with Crippen molar-refractivity contribution in [3.8, 4) is 0 Å². The summed E-state index contributed by atoms with van der Waals surface area (Å²) in [6.45, 7) is 6.70. The number of carbonyl (C=O) groups excluding carboxylic acids is 3. The molecule has 1 fully saturated rings. The molecule has 0 saturated carbocycles. The molecule has 0 aliphatic carbocycles. The van der Waals surface area contributed by atoms with Gasteiger partial charge in [-0.15, -0.1) is 0 Å². The molecule has 7 nitrogen and oxygen atoms in total. The van der Waals surface area contributed by atoms with E-state index >= 15 is 0 Å². The van der Waals surface area contributed by atoms with Gasteiger partial charge in [-0.3, -0.25) is 0 Å². The van der Waals surface area contributed by atoms with Crippen LogP contribution in [0.1, 0.15) is 82.5 Å². The molecule has 8 heteroatoms. The fraction of sp³-hybridized carbons (Fsp3) is 0.600. The van der Waals surface area contributed by atoms with E-state index in [0.717, 1.165) is 0 Å². The average molecular weight is 565 g/mol. The number of carboxylic acids is 1. The number of hydrogen-bond donors (Lipinski definition) is 2. The van der Waals surface area contributed by atoms with E-state index < -0.39 is 48.2 Å². The predicted molar refractivity (Wildman–Crippen MR) is 131 cm³/mol. The standard InChI is InChI=1S/C13H11N2O5.3C4H9.Sn/c16-9-6-7-10(17)15(9)11(13(19)20)14-12(18)8-4-2-1-3-5-8;3*1-3-4-2;/h2-5,11H,6-7H2,(H,14,18)(H,19,20);3*1,3-4H2,2H3;. The molecule has 33 heavy (non-hydrogen) atoms. The number of carboxylic acid groups (broad SMARTS) is 1. The number of nitrogens with one attached hydrogen (secondary N) is 1. The van der Waals surface area contributed by atoms with Crippen molar-refractivity contribution in [3.05, 3.63) is 29.8 Å². The molecule has 1 atom stereocenters. The van der Waals surface area contributed by atoms with Gasteiger partial charge in [-0.25, -0.2) is 0 Å². The van der Waals surface area contributed by atoms with E-state index in [1.165, 1.54) is 55.4 Å². The van der Waals surface area contributed by atoms with Crippen molar-refractivity contribution in [2.24, 2.45) is 0 Å². The van der Waals surface area contributed by atoms with E-state index in [2.05, 4.69) is 38.2 Å². The molecule has 0 bridgehead atoms. The summed E-state index contributed by atoms with van der Waals surface area (Å²) >= 11 is -2.62. The van der Waals surface area contributed by atoms with E-state index in [4.69, 9.17) is 0 Å². The van der Waals surface area contributed by atoms with Crippen LogP contribution in [0.25, 0.3) is 0 Å². The third-order valence-electron chi connectivity index (χ3n) is 6.64. The molecule has 182 valence electrons. The first-order chi connectivity index (χ1) is 15.8. The summed E-state index contributed by atoms with van der Waals surface area (Å²) in [7, 11) is 0. The summed E-state index contributed by atoms with van der Waals surface area (Å²) in [6, 6.07) is 7.70. The van der Waals surface area contributed by atoms with Gasteiger partial charge in [0.2, 0.25) is 0 Å². The fourth-order valence-electron chi connectivity index (χ4n) is 4.65. The van der Waals surface area contributed by atoms with Gasteiger partial charge < -0.3 is 0 Å². The Morgan fingerprint density at radius 3 is 1.76 bits per heavy atom. The van der Waals surface area contributed by atoms with Crippen LogP contribution in [0.4, 0.5) is 0 Å². The number of amides is 3. The summed E-state index contributed by atoms with van der Waals surface area (Å²) < 4.78 is 5.38. The van der Waals surface area contributed by atoms with E-state index in [9.17, 15) is 24.3 Å². The molecule has 1 aliphatic rings. The quantitative estimate of drug-likeness (QED) is 0.262. The van der Waals surface area contributed by atoms with Crippen LogP contribution in [0.15, 0.2) is 24.3 Å². The van der Waals surface area contributed by atoms with Gasteiger partial charge in [0, 0.05) is 0 Å². The van der Waals surface area contributed by atoms with Crippen molar-refractivity contribution < 1.29 is 24.3 Å². The minimum atomic E-state index is -2.62. The second kappa shape index (κ2) is 13.1. The van der Waals surface area contributed by atoms with Crippen LogP contribution in [0.5, 0.6) is 0 Å². The van der Waals surface area contributed by atoms with Crippen molar-refractivity contribution in [2.75, 3.05) is 0 Å². The van der Waals surface area contributed by atoms with Gasteiger partial charge in [0.15, 0.2) is 0 Å². The Morgan fingerprint density at radius 1 is 0.909 bits per heavy atom. The van der Waals surface area contributed by atoms with Gasteiger partial charge in [-0.05, 0) is 0 Å². The SMILES string of the molecule is CCC[CH2][Sn]([CH2]CCC)([CH2]CCC)[c]1ccc(C(=O)NC(C(=O)O)N2C(=O)CCC2=O)cc1. The van der Waals surface area contributed by atoms with Crippen LogP contribution in [0.2, 0.25) is 13.3 Å². The van der Waals surface area contributed by atoms with Crippen LogP contribution in [-0.2, 0) is 14.4 Å². The number of carbonyl (C=O) groups is 4. The first-order valence-corrected chi connectivity index (χ1v) is 19.8. The molecule has 1 saturated heterocycles. The monoisotopic (exact) mass is 566 g/mol. The van der Waals surface area contributed by atoms with Crippen LogP contribution in [0, 0.1) is 0 Å². The number of benzene rings is 1. The molecule has 2 N–H and O–H groups in total. The summed E-state index contributed by atoms with van der Waals surface area (Å²) in [6.07, 6.45) is 5.52. The van der Waals surface area contributed by atoms with E-state index in [0.29, 0.717) is 10.5 Å². The molecule has 1 aromatic carbocycles. The molecular weight excluding hydrogens is 527 g/mol. The molecule has 0 spiro atoms. The molecule has 2 rings (SSSR count). The van der Waals surface area contributed by atoms with Crippen LogP contribution in [-0.4, -0.2) is 58.2 Å². The third-order valence-corrected chi connectivity index (χ3v) is 22.3. The molecular formula is C25H38N2O5Sn. The van der Waals surface area contributed by atoms with Gasteiger partial charge in [-0.1, -0.05) is 0 Å². The Hall–Kier alpha value is -1.90. The zero-order valence-electron chi connectivity index (χ0n) is 20.2. The number of hydrogen-bond acceptors (Lipinski definition) is 4. The minimum absolute atomic E-state index is 0.0322. The molecule has 1 unspecified atom stereocenters. The predicted octanol–water partition coefficient (Wildman–Crippen LogP) is 4.03. The van der Waals surface area contributed by atoms with Gasteiger partial charge in [0.25, 0.3) is 0 Å². The molecule has 1 heterocycles. The summed E-state index contributed by atoms with van der Waals surface area (Å²) in [5.41, 5.74) is 0.339. The van der Waals surface area contributed by atoms with Crippen molar-refractivity contribution in [1.29, 1.82) is 0 Å². The first-order valence-electron chi connectivity index (χ1n) is 12.3. The number of aliphatic carboxylic acids is 1. The second-order valence-corrected chi connectivity index (χ2v) is 22.3. The molecule has 1 aromatic rings. The molecule has 0 radical (unpaired) electrons. The van der Waals surface area contributed by atoms with Crippen molar-refractivity contribution in [3.63, 3.8) is 0 Å². The number of imide groups is 1. The average Bonchev–Trinajstić information content (AvgIpc) is 3.14.